The van der Waals surface area contributed by atoms with Gasteiger partial charge in [-0.3, -0.25) is 0 Å². The van der Waals surface area contributed by atoms with Gasteiger partial charge in [0, 0.05) is 24.5 Å². The Morgan fingerprint density at radius 1 is 1.50 bits per heavy atom. The van der Waals surface area contributed by atoms with Crippen LogP contribution >= 0.6 is 11.3 Å². The van der Waals surface area contributed by atoms with Crippen molar-refractivity contribution in [1.82, 2.24) is 15.3 Å². The molecule has 1 aliphatic rings. The fourth-order valence-electron chi connectivity index (χ4n) is 2.56. The first kappa shape index (κ1) is 13.3. The normalized spacial score (nSPS) is 19.5. The fourth-order valence-corrected chi connectivity index (χ4v) is 3.55. The van der Waals surface area contributed by atoms with E-state index in [4.69, 9.17) is 0 Å². The van der Waals surface area contributed by atoms with E-state index in [0.717, 1.165) is 28.1 Å². The molecule has 0 bridgehead atoms. The Bertz CT molecular complexity index is 670. The van der Waals surface area contributed by atoms with Crippen molar-refractivity contribution in [2.75, 3.05) is 24.5 Å². The van der Waals surface area contributed by atoms with Gasteiger partial charge in [-0.25, -0.2) is 14.8 Å². The number of hydrogen-bond acceptors (Lipinski definition) is 6. The van der Waals surface area contributed by atoms with Crippen LogP contribution in [0.5, 0.6) is 0 Å². The minimum Gasteiger partial charge on any atom is -0.480 e. The molecule has 1 aliphatic heterocycles. The third-order valence-electron chi connectivity index (χ3n) is 3.75. The van der Waals surface area contributed by atoms with Gasteiger partial charge < -0.3 is 15.3 Å². The molecule has 20 heavy (non-hydrogen) atoms. The number of anilines is 1. The SMILES string of the molecule is Cc1sc2ncnc(N3CCNCC3C(=O)O)c2c1C. The summed E-state index contributed by atoms with van der Waals surface area (Å²) in [5.74, 6) is -0.0840. The monoisotopic (exact) mass is 292 g/mol. The molecule has 0 amide bonds. The average Bonchev–Trinajstić information content (AvgIpc) is 2.74. The Morgan fingerprint density at radius 2 is 2.30 bits per heavy atom. The van der Waals surface area contributed by atoms with Gasteiger partial charge in [0.1, 0.15) is 23.0 Å². The molecule has 2 N–H and O–H groups in total. The molecule has 1 saturated heterocycles. The van der Waals surface area contributed by atoms with Gasteiger partial charge in [0.25, 0.3) is 0 Å². The summed E-state index contributed by atoms with van der Waals surface area (Å²) in [5.41, 5.74) is 1.14. The predicted octanol–water partition coefficient (Wildman–Crippen LogP) is 1.17. The van der Waals surface area contributed by atoms with Gasteiger partial charge in [-0.1, -0.05) is 0 Å². The highest BCUT2D eigenvalue weighted by Crippen LogP contribution is 2.35. The minimum absolute atomic E-state index is 0.434. The number of rotatable bonds is 2. The molecule has 0 aromatic carbocycles. The molecule has 7 heteroatoms. The van der Waals surface area contributed by atoms with Crippen LogP contribution < -0.4 is 10.2 Å². The van der Waals surface area contributed by atoms with Gasteiger partial charge in [0.15, 0.2) is 0 Å². The number of piperazine rings is 1. The highest BCUT2D eigenvalue weighted by atomic mass is 32.1. The quantitative estimate of drug-likeness (QED) is 0.865. The van der Waals surface area contributed by atoms with Crippen molar-refractivity contribution in [1.29, 1.82) is 0 Å². The van der Waals surface area contributed by atoms with Crippen LogP contribution in [-0.4, -0.2) is 46.7 Å². The maximum Gasteiger partial charge on any atom is 0.327 e. The number of carboxylic acids is 1. The van der Waals surface area contributed by atoms with E-state index in [-0.39, 0.29) is 0 Å². The lowest BCUT2D eigenvalue weighted by atomic mass is 10.1. The molecule has 1 unspecified atom stereocenters. The van der Waals surface area contributed by atoms with E-state index < -0.39 is 12.0 Å². The van der Waals surface area contributed by atoms with Crippen molar-refractivity contribution in [3.8, 4) is 0 Å². The number of aromatic nitrogens is 2. The van der Waals surface area contributed by atoms with Crippen molar-refractivity contribution < 1.29 is 9.90 Å². The highest BCUT2D eigenvalue weighted by Gasteiger charge is 2.31. The van der Waals surface area contributed by atoms with Crippen molar-refractivity contribution in [2.24, 2.45) is 0 Å². The summed E-state index contributed by atoms with van der Waals surface area (Å²) >= 11 is 1.63. The Labute approximate surface area is 120 Å². The number of aliphatic carboxylic acids is 1. The highest BCUT2D eigenvalue weighted by molar-refractivity contribution is 7.18. The Balaban J connectivity index is 2.15. The second kappa shape index (κ2) is 4.99. The van der Waals surface area contributed by atoms with Crippen LogP contribution in [-0.2, 0) is 4.79 Å². The summed E-state index contributed by atoms with van der Waals surface area (Å²) in [5, 5.41) is 13.5. The molecule has 2 aromatic heterocycles. The smallest absolute Gasteiger partial charge is 0.327 e. The zero-order chi connectivity index (χ0) is 14.3. The second-order valence-electron chi connectivity index (χ2n) is 4.91. The first-order valence-corrected chi connectivity index (χ1v) is 7.32. The van der Waals surface area contributed by atoms with E-state index in [1.807, 2.05) is 11.8 Å². The topological polar surface area (TPSA) is 78.4 Å². The van der Waals surface area contributed by atoms with Crippen molar-refractivity contribution in [3.63, 3.8) is 0 Å². The van der Waals surface area contributed by atoms with Gasteiger partial charge in [0.05, 0.1) is 5.39 Å². The van der Waals surface area contributed by atoms with E-state index in [1.165, 1.54) is 11.2 Å². The molecule has 1 atom stereocenters. The molecule has 2 aromatic rings. The summed E-state index contributed by atoms with van der Waals surface area (Å²) in [4.78, 5) is 24.1. The van der Waals surface area contributed by atoms with E-state index in [2.05, 4.69) is 22.2 Å². The Morgan fingerprint density at radius 3 is 3.05 bits per heavy atom. The number of carbonyl (C=O) groups is 1. The largest absolute Gasteiger partial charge is 0.480 e. The van der Waals surface area contributed by atoms with Crippen LogP contribution in [0.3, 0.4) is 0 Å². The van der Waals surface area contributed by atoms with Crippen LogP contribution in [0.2, 0.25) is 0 Å². The third kappa shape index (κ3) is 2.03. The second-order valence-corrected chi connectivity index (χ2v) is 6.12. The Hall–Kier alpha value is -1.73. The standard InChI is InChI=1S/C13H16N4O2S/c1-7-8(2)20-12-10(7)11(15-6-16-12)17-4-3-14-5-9(17)13(18)19/h6,9,14H,3-5H2,1-2H3,(H,18,19). The molecule has 3 rings (SSSR count). The van der Waals surface area contributed by atoms with E-state index >= 15 is 0 Å². The molecule has 106 valence electrons. The summed E-state index contributed by atoms with van der Waals surface area (Å²) in [6, 6.07) is -0.582. The van der Waals surface area contributed by atoms with Gasteiger partial charge in [0.2, 0.25) is 0 Å². The average molecular weight is 292 g/mol. The van der Waals surface area contributed by atoms with Crippen molar-refractivity contribution in [3.05, 3.63) is 16.8 Å². The number of hydrogen-bond donors (Lipinski definition) is 2. The van der Waals surface area contributed by atoms with Crippen LogP contribution in [0.15, 0.2) is 6.33 Å². The van der Waals surface area contributed by atoms with Crippen LogP contribution in [0.4, 0.5) is 5.82 Å². The van der Waals surface area contributed by atoms with E-state index in [0.29, 0.717) is 13.1 Å². The number of fused-ring (bicyclic) bond motifs is 1. The summed E-state index contributed by atoms with van der Waals surface area (Å²) in [6.07, 6.45) is 1.52. The fraction of sp³-hybridized carbons (Fsp3) is 0.462. The third-order valence-corrected chi connectivity index (χ3v) is 4.86. The van der Waals surface area contributed by atoms with E-state index in [9.17, 15) is 9.90 Å². The Kier molecular flexibility index (Phi) is 3.31. The molecular weight excluding hydrogens is 276 g/mol. The van der Waals surface area contributed by atoms with Gasteiger partial charge >= 0.3 is 5.97 Å². The summed E-state index contributed by atoms with van der Waals surface area (Å²) in [6.45, 7) is 5.93. The molecule has 3 heterocycles. The number of aryl methyl sites for hydroxylation is 2. The molecule has 6 nitrogen and oxygen atoms in total. The first-order chi connectivity index (χ1) is 9.59. The molecule has 0 saturated carbocycles. The van der Waals surface area contributed by atoms with Gasteiger partial charge in [-0.2, -0.15) is 0 Å². The summed E-state index contributed by atoms with van der Waals surface area (Å²) < 4.78 is 0. The lowest BCUT2D eigenvalue weighted by Gasteiger charge is -2.34. The maximum atomic E-state index is 11.4. The maximum absolute atomic E-state index is 11.4. The predicted molar refractivity (Wildman–Crippen MR) is 78.5 cm³/mol. The van der Waals surface area contributed by atoms with Crippen molar-refractivity contribution >= 4 is 33.3 Å². The lowest BCUT2D eigenvalue weighted by molar-refractivity contribution is -0.138. The molecular formula is C13H16N4O2S. The van der Waals surface area contributed by atoms with E-state index in [1.54, 1.807) is 11.3 Å². The number of nitrogens with zero attached hydrogens (tertiary/aromatic N) is 3. The number of thiophene rings is 1. The van der Waals surface area contributed by atoms with Gasteiger partial charge in [-0.15, -0.1) is 11.3 Å². The van der Waals surface area contributed by atoms with Crippen LogP contribution in [0.1, 0.15) is 10.4 Å². The number of nitrogens with one attached hydrogen (secondary N) is 1. The van der Waals surface area contributed by atoms with Crippen LogP contribution in [0, 0.1) is 13.8 Å². The molecule has 1 fully saturated rings. The van der Waals surface area contributed by atoms with Crippen molar-refractivity contribution in [2.45, 2.75) is 19.9 Å². The van der Waals surface area contributed by atoms with Crippen LogP contribution in [0.25, 0.3) is 10.2 Å². The van der Waals surface area contributed by atoms with Gasteiger partial charge in [-0.05, 0) is 19.4 Å². The summed E-state index contributed by atoms with van der Waals surface area (Å²) in [7, 11) is 0. The zero-order valence-corrected chi connectivity index (χ0v) is 12.2. The number of carboxylic acid groups (broad SMARTS) is 1. The lowest BCUT2D eigenvalue weighted by Crippen LogP contribution is -2.55. The molecule has 0 spiro atoms. The first-order valence-electron chi connectivity index (χ1n) is 6.50. The minimum atomic E-state index is -0.825. The molecule has 0 radical (unpaired) electrons. The zero-order valence-electron chi connectivity index (χ0n) is 11.4. The molecule has 0 aliphatic carbocycles.